The van der Waals surface area contributed by atoms with E-state index in [4.69, 9.17) is 4.42 Å². The molecule has 0 aromatic carbocycles. The smallest absolute Gasteiger partial charge is 0.245 e. The van der Waals surface area contributed by atoms with Crippen molar-refractivity contribution in [2.75, 3.05) is 26.2 Å². The molecule has 2 saturated heterocycles. The summed E-state index contributed by atoms with van der Waals surface area (Å²) in [6.45, 7) is 8.36. The Kier molecular flexibility index (Phi) is 3.19. The summed E-state index contributed by atoms with van der Waals surface area (Å²) < 4.78 is 5.40. The Balaban J connectivity index is 1.59. The zero-order valence-corrected chi connectivity index (χ0v) is 11.2. The number of amides is 1. The fraction of sp³-hybridized carbons (Fsp3) is 0.533. The summed E-state index contributed by atoms with van der Waals surface area (Å²) >= 11 is 0. The van der Waals surface area contributed by atoms with Crippen molar-refractivity contribution in [1.29, 1.82) is 0 Å². The van der Waals surface area contributed by atoms with Crippen molar-refractivity contribution < 1.29 is 9.21 Å². The van der Waals surface area contributed by atoms with E-state index in [1.54, 1.807) is 6.26 Å². The van der Waals surface area contributed by atoms with Crippen LogP contribution in [0.5, 0.6) is 0 Å². The maximum atomic E-state index is 11.7. The summed E-state index contributed by atoms with van der Waals surface area (Å²) in [6.07, 6.45) is 5.44. The van der Waals surface area contributed by atoms with Crippen LogP contribution in [0.3, 0.4) is 0 Å². The lowest BCUT2D eigenvalue weighted by Gasteiger charge is -2.24. The van der Waals surface area contributed by atoms with Crippen LogP contribution in [0.2, 0.25) is 0 Å². The minimum atomic E-state index is 0.0707. The molecule has 1 unspecified atom stereocenters. The van der Waals surface area contributed by atoms with E-state index >= 15 is 0 Å². The van der Waals surface area contributed by atoms with Gasteiger partial charge in [-0.25, -0.2) is 0 Å². The highest BCUT2D eigenvalue weighted by atomic mass is 16.3. The van der Waals surface area contributed by atoms with Gasteiger partial charge in [0.05, 0.1) is 12.8 Å². The first kappa shape index (κ1) is 12.5. The van der Waals surface area contributed by atoms with Crippen LogP contribution in [0, 0.1) is 5.41 Å². The van der Waals surface area contributed by atoms with Gasteiger partial charge in [0.25, 0.3) is 0 Å². The molecular weight excluding hydrogens is 240 g/mol. The van der Waals surface area contributed by atoms with Gasteiger partial charge in [0.15, 0.2) is 0 Å². The third-order valence-corrected chi connectivity index (χ3v) is 4.40. The first-order valence-electron chi connectivity index (χ1n) is 6.87. The number of rotatable bonds is 3. The lowest BCUT2D eigenvalue weighted by Crippen LogP contribution is -2.33. The van der Waals surface area contributed by atoms with Gasteiger partial charge < -0.3 is 9.32 Å². The second kappa shape index (κ2) is 4.85. The molecular formula is C15H20N2O2. The molecule has 0 N–H and O–H groups in total. The normalized spacial score (nSPS) is 27.3. The maximum Gasteiger partial charge on any atom is 0.245 e. The predicted molar refractivity (Wildman–Crippen MR) is 72.4 cm³/mol. The van der Waals surface area contributed by atoms with E-state index in [-0.39, 0.29) is 5.91 Å². The average molecular weight is 260 g/mol. The van der Waals surface area contributed by atoms with Gasteiger partial charge in [0.2, 0.25) is 5.91 Å². The Bertz CT molecular complexity index is 468. The molecule has 1 amide bonds. The number of hydrogen-bond acceptors (Lipinski definition) is 3. The molecule has 2 aliphatic heterocycles. The highest BCUT2D eigenvalue weighted by Gasteiger charge is 2.44. The summed E-state index contributed by atoms with van der Waals surface area (Å²) in [5.41, 5.74) is 0.297. The van der Waals surface area contributed by atoms with E-state index in [0.717, 1.165) is 44.9 Å². The first-order chi connectivity index (χ1) is 9.21. The Morgan fingerprint density at radius 2 is 2.26 bits per heavy atom. The molecule has 4 nitrogen and oxygen atoms in total. The van der Waals surface area contributed by atoms with Crippen molar-refractivity contribution in [1.82, 2.24) is 9.80 Å². The van der Waals surface area contributed by atoms with Gasteiger partial charge in [-0.15, -0.1) is 0 Å². The molecule has 4 heteroatoms. The summed E-state index contributed by atoms with van der Waals surface area (Å²) in [6, 6.07) is 3.95. The highest BCUT2D eigenvalue weighted by molar-refractivity contribution is 5.87. The SMILES string of the molecule is C=CC(=O)N1CCC2(CCN(Cc3ccco3)C2)C1. The van der Waals surface area contributed by atoms with Crippen LogP contribution < -0.4 is 0 Å². The van der Waals surface area contributed by atoms with Crippen molar-refractivity contribution in [3.8, 4) is 0 Å². The summed E-state index contributed by atoms with van der Waals surface area (Å²) in [5.74, 6) is 1.09. The zero-order chi connectivity index (χ0) is 13.3. The minimum absolute atomic E-state index is 0.0707. The number of hydrogen-bond donors (Lipinski definition) is 0. The molecule has 3 heterocycles. The second-order valence-corrected chi connectivity index (χ2v) is 5.75. The van der Waals surface area contributed by atoms with E-state index in [1.807, 2.05) is 17.0 Å². The predicted octanol–water partition coefficient (Wildman–Crippen LogP) is 1.89. The third-order valence-electron chi connectivity index (χ3n) is 4.40. The first-order valence-corrected chi connectivity index (χ1v) is 6.87. The largest absolute Gasteiger partial charge is 0.468 e. The Labute approximate surface area is 113 Å². The summed E-state index contributed by atoms with van der Waals surface area (Å²) in [7, 11) is 0. The Morgan fingerprint density at radius 3 is 3.00 bits per heavy atom. The molecule has 0 aliphatic carbocycles. The molecule has 3 rings (SSSR count). The van der Waals surface area contributed by atoms with Gasteiger partial charge >= 0.3 is 0 Å². The minimum Gasteiger partial charge on any atom is -0.468 e. The number of furan rings is 1. The fourth-order valence-electron chi connectivity index (χ4n) is 3.37. The quantitative estimate of drug-likeness (QED) is 0.779. The van der Waals surface area contributed by atoms with Gasteiger partial charge in [-0.1, -0.05) is 6.58 Å². The van der Waals surface area contributed by atoms with Crippen LogP contribution >= 0.6 is 0 Å². The van der Waals surface area contributed by atoms with E-state index in [2.05, 4.69) is 11.5 Å². The highest BCUT2D eigenvalue weighted by Crippen LogP contribution is 2.39. The number of carbonyl (C=O) groups excluding carboxylic acids is 1. The number of likely N-dealkylation sites (tertiary alicyclic amines) is 2. The van der Waals surface area contributed by atoms with Crippen LogP contribution in [0.4, 0.5) is 0 Å². The molecule has 1 aromatic rings. The van der Waals surface area contributed by atoms with E-state index in [1.165, 1.54) is 12.5 Å². The Hall–Kier alpha value is -1.55. The molecule has 0 bridgehead atoms. The van der Waals surface area contributed by atoms with Gasteiger partial charge in [-0.05, 0) is 37.6 Å². The zero-order valence-electron chi connectivity index (χ0n) is 11.2. The summed E-state index contributed by atoms with van der Waals surface area (Å²) in [4.78, 5) is 16.0. The number of nitrogens with zero attached hydrogens (tertiary/aromatic N) is 2. The van der Waals surface area contributed by atoms with E-state index < -0.39 is 0 Å². The van der Waals surface area contributed by atoms with E-state index in [0.29, 0.717) is 5.41 Å². The molecule has 0 radical (unpaired) electrons. The van der Waals surface area contributed by atoms with Crippen molar-refractivity contribution in [2.24, 2.45) is 5.41 Å². The molecule has 1 aromatic heterocycles. The molecule has 19 heavy (non-hydrogen) atoms. The fourth-order valence-corrected chi connectivity index (χ4v) is 3.37. The van der Waals surface area contributed by atoms with Gasteiger partial charge in [0, 0.05) is 25.0 Å². The van der Waals surface area contributed by atoms with Crippen LogP contribution in [0.15, 0.2) is 35.5 Å². The summed E-state index contributed by atoms with van der Waals surface area (Å²) in [5, 5.41) is 0. The molecule has 0 saturated carbocycles. The third kappa shape index (κ3) is 2.45. The molecule has 102 valence electrons. The van der Waals surface area contributed by atoms with Gasteiger partial charge in [0.1, 0.15) is 5.76 Å². The average Bonchev–Trinajstić information content (AvgIpc) is 3.13. The molecule has 2 aliphatic rings. The van der Waals surface area contributed by atoms with Crippen LogP contribution in [-0.2, 0) is 11.3 Å². The van der Waals surface area contributed by atoms with Crippen molar-refractivity contribution >= 4 is 5.91 Å². The van der Waals surface area contributed by atoms with Crippen LogP contribution in [0.25, 0.3) is 0 Å². The van der Waals surface area contributed by atoms with Crippen molar-refractivity contribution in [3.63, 3.8) is 0 Å². The maximum absolute atomic E-state index is 11.7. The lowest BCUT2D eigenvalue weighted by molar-refractivity contribution is -0.125. The van der Waals surface area contributed by atoms with E-state index in [9.17, 15) is 4.79 Å². The van der Waals surface area contributed by atoms with Crippen molar-refractivity contribution in [2.45, 2.75) is 19.4 Å². The van der Waals surface area contributed by atoms with Crippen LogP contribution in [-0.4, -0.2) is 41.9 Å². The van der Waals surface area contributed by atoms with Gasteiger partial charge in [-0.2, -0.15) is 0 Å². The lowest BCUT2D eigenvalue weighted by atomic mass is 9.86. The topological polar surface area (TPSA) is 36.7 Å². The number of carbonyl (C=O) groups is 1. The second-order valence-electron chi connectivity index (χ2n) is 5.75. The monoisotopic (exact) mass is 260 g/mol. The molecule has 2 fully saturated rings. The standard InChI is InChI=1S/C15H20N2O2/c1-2-14(18)17-8-6-15(12-17)5-7-16(11-15)10-13-4-3-9-19-13/h2-4,9H,1,5-8,10-12H2. The van der Waals surface area contributed by atoms with Crippen LogP contribution in [0.1, 0.15) is 18.6 Å². The molecule has 1 atom stereocenters. The molecule has 1 spiro atoms. The van der Waals surface area contributed by atoms with Crippen molar-refractivity contribution in [3.05, 3.63) is 36.8 Å². The Morgan fingerprint density at radius 1 is 1.42 bits per heavy atom. The van der Waals surface area contributed by atoms with Gasteiger partial charge in [-0.3, -0.25) is 9.69 Å².